The third kappa shape index (κ3) is 2.74. The third-order valence-corrected chi connectivity index (χ3v) is 3.12. The van der Waals surface area contributed by atoms with E-state index in [9.17, 15) is 0 Å². The Kier molecular flexibility index (Phi) is 3.72. The van der Waals surface area contributed by atoms with Gasteiger partial charge in [0.15, 0.2) is 0 Å². The topological polar surface area (TPSA) is 51.8 Å². The molecule has 0 spiro atoms. The maximum atomic E-state index is 5.69. The predicted molar refractivity (Wildman–Crippen MR) is 73.4 cm³/mol. The van der Waals surface area contributed by atoms with E-state index in [0.29, 0.717) is 6.54 Å². The van der Waals surface area contributed by atoms with Gasteiger partial charge in [0.25, 0.3) is 0 Å². The first kappa shape index (κ1) is 12.7. The number of aryl methyl sites for hydroxylation is 3. The van der Waals surface area contributed by atoms with Crippen molar-refractivity contribution in [2.75, 3.05) is 0 Å². The smallest absolute Gasteiger partial charge is 0.133 e. The van der Waals surface area contributed by atoms with Crippen molar-refractivity contribution in [1.29, 1.82) is 0 Å². The number of rotatable bonds is 3. The SMILES string of the molecule is Cc1cccc(Cc2nc(C)c(CN)c(C)n2)c1. The van der Waals surface area contributed by atoms with Gasteiger partial charge in [0.2, 0.25) is 0 Å². The number of hydrogen-bond donors (Lipinski definition) is 1. The lowest BCUT2D eigenvalue weighted by Gasteiger charge is -2.09. The summed E-state index contributed by atoms with van der Waals surface area (Å²) in [5.41, 5.74) is 11.2. The Hall–Kier alpha value is -1.74. The molecule has 18 heavy (non-hydrogen) atoms. The minimum absolute atomic E-state index is 0.502. The highest BCUT2D eigenvalue weighted by Crippen LogP contribution is 2.13. The lowest BCUT2D eigenvalue weighted by molar-refractivity contribution is 0.866. The molecule has 0 aliphatic rings. The molecule has 94 valence electrons. The van der Waals surface area contributed by atoms with Crippen LogP contribution in [0, 0.1) is 20.8 Å². The zero-order valence-electron chi connectivity index (χ0n) is 11.2. The van der Waals surface area contributed by atoms with Gasteiger partial charge in [-0.25, -0.2) is 9.97 Å². The van der Waals surface area contributed by atoms with Crippen molar-refractivity contribution in [2.45, 2.75) is 33.7 Å². The molecule has 0 unspecified atom stereocenters. The highest BCUT2D eigenvalue weighted by Gasteiger charge is 2.07. The van der Waals surface area contributed by atoms with Crippen LogP contribution in [-0.2, 0) is 13.0 Å². The van der Waals surface area contributed by atoms with Gasteiger partial charge >= 0.3 is 0 Å². The molecule has 0 saturated heterocycles. The molecule has 3 heteroatoms. The fourth-order valence-corrected chi connectivity index (χ4v) is 2.19. The Morgan fingerprint density at radius 3 is 2.28 bits per heavy atom. The van der Waals surface area contributed by atoms with Crippen molar-refractivity contribution in [2.24, 2.45) is 5.73 Å². The van der Waals surface area contributed by atoms with Crippen LogP contribution in [-0.4, -0.2) is 9.97 Å². The van der Waals surface area contributed by atoms with E-state index in [4.69, 9.17) is 5.73 Å². The van der Waals surface area contributed by atoms with Gasteiger partial charge in [-0.15, -0.1) is 0 Å². The number of nitrogens with zero attached hydrogens (tertiary/aromatic N) is 2. The van der Waals surface area contributed by atoms with Gasteiger partial charge in [0.05, 0.1) is 0 Å². The van der Waals surface area contributed by atoms with Crippen molar-refractivity contribution in [1.82, 2.24) is 9.97 Å². The maximum Gasteiger partial charge on any atom is 0.133 e. The second kappa shape index (κ2) is 5.27. The molecule has 2 aromatic rings. The Balaban J connectivity index is 2.30. The van der Waals surface area contributed by atoms with Crippen LogP contribution in [0.15, 0.2) is 24.3 Å². The fraction of sp³-hybridized carbons (Fsp3) is 0.333. The molecule has 0 amide bonds. The average Bonchev–Trinajstić information content (AvgIpc) is 2.28. The minimum atomic E-state index is 0.502. The lowest BCUT2D eigenvalue weighted by Crippen LogP contribution is -2.09. The van der Waals surface area contributed by atoms with Gasteiger partial charge < -0.3 is 5.73 Å². The molecule has 1 aromatic carbocycles. The largest absolute Gasteiger partial charge is 0.326 e. The lowest BCUT2D eigenvalue weighted by atomic mass is 10.1. The van der Waals surface area contributed by atoms with Gasteiger partial charge in [-0.05, 0) is 26.3 Å². The molecule has 0 atom stereocenters. The summed E-state index contributed by atoms with van der Waals surface area (Å²) in [5.74, 6) is 0.868. The van der Waals surface area contributed by atoms with Crippen LogP contribution in [0.25, 0.3) is 0 Å². The van der Waals surface area contributed by atoms with Gasteiger partial charge in [-0.3, -0.25) is 0 Å². The van der Waals surface area contributed by atoms with Crippen molar-refractivity contribution in [3.05, 3.63) is 58.2 Å². The fourth-order valence-electron chi connectivity index (χ4n) is 2.19. The summed E-state index contributed by atoms with van der Waals surface area (Å²) in [7, 11) is 0. The molecule has 1 aromatic heterocycles. The molecule has 0 fully saturated rings. The van der Waals surface area contributed by atoms with Crippen molar-refractivity contribution in [3.63, 3.8) is 0 Å². The monoisotopic (exact) mass is 241 g/mol. The number of benzene rings is 1. The molecule has 0 saturated carbocycles. The average molecular weight is 241 g/mol. The summed E-state index contributed by atoms with van der Waals surface area (Å²) in [6.07, 6.45) is 0.772. The number of nitrogens with two attached hydrogens (primary N) is 1. The Labute approximate surface area is 108 Å². The minimum Gasteiger partial charge on any atom is -0.326 e. The normalized spacial score (nSPS) is 10.7. The molecule has 0 bridgehead atoms. The quantitative estimate of drug-likeness (QED) is 0.898. The summed E-state index contributed by atoms with van der Waals surface area (Å²) in [6.45, 7) is 6.59. The first-order valence-corrected chi connectivity index (χ1v) is 6.18. The van der Waals surface area contributed by atoms with E-state index < -0.39 is 0 Å². The summed E-state index contributed by atoms with van der Waals surface area (Å²) >= 11 is 0. The maximum absolute atomic E-state index is 5.69. The number of aromatic nitrogens is 2. The van der Waals surface area contributed by atoms with E-state index in [1.165, 1.54) is 11.1 Å². The third-order valence-electron chi connectivity index (χ3n) is 3.12. The van der Waals surface area contributed by atoms with Gasteiger partial charge in [-0.1, -0.05) is 29.8 Å². The number of hydrogen-bond acceptors (Lipinski definition) is 3. The summed E-state index contributed by atoms with van der Waals surface area (Å²) in [6, 6.07) is 8.44. The van der Waals surface area contributed by atoms with Crippen LogP contribution in [0.1, 0.15) is 33.9 Å². The zero-order chi connectivity index (χ0) is 13.1. The van der Waals surface area contributed by atoms with Crippen molar-refractivity contribution < 1.29 is 0 Å². The molecule has 1 heterocycles. The molecule has 0 aliphatic heterocycles. The van der Waals surface area contributed by atoms with Crippen LogP contribution in [0.5, 0.6) is 0 Å². The van der Waals surface area contributed by atoms with Crippen molar-refractivity contribution in [3.8, 4) is 0 Å². The summed E-state index contributed by atoms with van der Waals surface area (Å²) < 4.78 is 0. The van der Waals surface area contributed by atoms with Gasteiger partial charge in [0, 0.05) is 29.9 Å². The first-order chi connectivity index (χ1) is 8.60. The molecule has 3 nitrogen and oxygen atoms in total. The summed E-state index contributed by atoms with van der Waals surface area (Å²) in [4.78, 5) is 9.08. The predicted octanol–water partition coefficient (Wildman–Crippen LogP) is 2.45. The Morgan fingerprint density at radius 1 is 1.06 bits per heavy atom. The van der Waals surface area contributed by atoms with Crippen LogP contribution in [0.3, 0.4) is 0 Å². The van der Waals surface area contributed by atoms with Gasteiger partial charge in [-0.2, -0.15) is 0 Å². The Bertz CT molecular complexity index is 538. The van der Waals surface area contributed by atoms with Crippen LogP contribution in [0.4, 0.5) is 0 Å². The van der Waals surface area contributed by atoms with E-state index in [-0.39, 0.29) is 0 Å². The van der Waals surface area contributed by atoms with Crippen LogP contribution >= 0.6 is 0 Å². The zero-order valence-corrected chi connectivity index (χ0v) is 11.2. The molecule has 2 rings (SSSR count). The highest BCUT2D eigenvalue weighted by molar-refractivity contribution is 5.28. The molecular weight excluding hydrogens is 222 g/mol. The Morgan fingerprint density at radius 2 is 1.72 bits per heavy atom. The van der Waals surface area contributed by atoms with Crippen LogP contribution in [0.2, 0.25) is 0 Å². The molecular formula is C15H19N3. The highest BCUT2D eigenvalue weighted by atomic mass is 14.9. The second-order valence-corrected chi connectivity index (χ2v) is 4.66. The van der Waals surface area contributed by atoms with Crippen molar-refractivity contribution >= 4 is 0 Å². The van der Waals surface area contributed by atoms with E-state index in [1.807, 2.05) is 13.8 Å². The summed E-state index contributed by atoms with van der Waals surface area (Å²) in [5, 5.41) is 0. The molecule has 0 radical (unpaired) electrons. The van der Waals surface area contributed by atoms with E-state index in [0.717, 1.165) is 29.2 Å². The van der Waals surface area contributed by atoms with Gasteiger partial charge in [0.1, 0.15) is 5.82 Å². The van der Waals surface area contributed by atoms with E-state index in [1.54, 1.807) is 0 Å². The standard InChI is InChI=1S/C15H19N3/c1-10-5-4-6-13(7-10)8-15-17-11(2)14(9-16)12(3)18-15/h4-7H,8-9,16H2,1-3H3. The van der Waals surface area contributed by atoms with E-state index >= 15 is 0 Å². The first-order valence-electron chi connectivity index (χ1n) is 6.18. The van der Waals surface area contributed by atoms with Crippen LogP contribution < -0.4 is 5.73 Å². The van der Waals surface area contributed by atoms with E-state index in [2.05, 4.69) is 41.2 Å². The molecule has 0 aliphatic carbocycles. The molecule has 2 N–H and O–H groups in total. The second-order valence-electron chi connectivity index (χ2n) is 4.66.